The van der Waals surface area contributed by atoms with Crippen molar-refractivity contribution in [2.24, 2.45) is 17.8 Å². The van der Waals surface area contributed by atoms with Crippen LogP contribution in [0.2, 0.25) is 0 Å². The summed E-state index contributed by atoms with van der Waals surface area (Å²) in [6.07, 6.45) is 2.61. The van der Waals surface area contributed by atoms with E-state index in [9.17, 15) is 30.0 Å². The van der Waals surface area contributed by atoms with Gasteiger partial charge in [0, 0.05) is 11.6 Å². The van der Waals surface area contributed by atoms with Crippen molar-refractivity contribution < 1.29 is 44.2 Å². The highest BCUT2D eigenvalue weighted by Gasteiger charge is 2.46. The number of carbonyl (C=O) groups is 2. The van der Waals surface area contributed by atoms with Crippen molar-refractivity contribution in [1.82, 2.24) is 0 Å². The highest BCUT2D eigenvalue weighted by atomic mass is 16.7. The fourth-order valence-corrected chi connectivity index (χ4v) is 5.62. The Bertz CT molecular complexity index is 773. The molecule has 2 aliphatic heterocycles. The smallest absolute Gasteiger partial charge is 0.336 e. The number of esters is 2. The SMILES string of the molecule is O=C1C=C(CCC2CCCC3C(C(=O)OC4OC(CO)C(O)C(O)C4O)=CCCC23)CO1. The summed E-state index contributed by atoms with van der Waals surface area (Å²) < 4.78 is 15.7. The van der Waals surface area contributed by atoms with Crippen LogP contribution >= 0.6 is 0 Å². The predicted octanol–water partition coefficient (Wildman–Crippen LogP) is 0.346. The molecule has 0 aromatic heterocycles. The Balaban J connectivity index is 1.39. The second kappa shape index (κ2) is 10.0. The van der Waals surface area contributed by atoms with Crippen LogP contribution < -0.4 is 0 Å². The third kappa shape index (κ3) is 4.77. The number of ether oxygens (including phenoxy) is 3. The Morgan fingerprint density at radius 3 is 2.66 bits per heavy atom. The predicted molar refractivity (Wildman–Crippen MR) is 110 cm³/mol. The first-order chi connectivity index (χ1) is 15.4. The van der Waals surface area contributed by atoms with Gasteiger partial charge >= 0.3 is 11.9 Å². The molecule has 0 aromatic rings. The Kier molecular flexibility index (Phi) is 7.31. The molecule has 8 unspecified atom stereocenters. The maximum atomic E-state index is 13.0. The van der Waals surface area contributed by atoms with Gasteiger partial charge in [0.15, 0.2) is 0 Å². The van der Waals surface area contributed by atoms with Gasteiger partial charge in [0.05, 0.1) is 6.61 Å². The van der Waals surface area contributed by atoms with Gasteiger partial charge in [-0.15, -0.1) is 0 Å². The summed E-state index contributed by atoms with van der Waals surface area (Å²) in [5.74, 6) is -0.0447. The molecule has 4 aliphatic rings. The largest absolute Gasteiger partial charge is 0.458 e. The molecular weight excluding hydrogens is 420 g/mol. The first-order valence-electron chi connectivity index (χ1n) is 11.5. The van der Waals surface area contributed by atoms with Gasteiger partial charge in [-0.1, -0.05) is 18.9 Å². The Morgan fingerprint density at radius 1 is 1.12 bits per heavy atom. The molecule has 8 atom stereocenters. The number of cyclic esters (lactones) is 1. The minimum Gasteiger partial charge on any atom is -0.458 e. The number of fused-ring (bicyclic) bond motifs is 1. The lowest BCUT2D eigenvalue weighted by molar-refractivity contribution is -0.291. The first kappa shape index (κ1) is 23.4. The van der Waals surface area contributed by atoms with Gasteiger partial charge in [-0.05, 0) is 55.4 Å². The molecule has 1 saturated heterocycles. The highest BCUT2D eigenvalue weighted by Crippen LogP contribution is 2.46. The van der Waals surface area contributed by atoms with Crippen molar-refractivity contribution in [3.63, 3.8) is 0 Å². The molecule has 4 N–H and O–H groups in total. The van der Waals surface area contributed by atoms with E-state index in [1.165, 1.54) is 0 Å². The second-order valence-corrected chi connectivity index (χ2v) is 9.25. The molecule has 2 aliphatic carbocycles. The van der Waals surface area contributed by atoms with E-state index in [0.717, 1.165) is 50.5 Å². The Morgan fingerprint density at radius 2 is 1.94 bits per heavy atom. The van der Waals surface area contributed by atoms with Crippen LogP contribution in [-0.4, -0.2) is 76.3 Å². The highest BCUT2D eigenvalue weighted by molar-refractivity contribution is 5.89. The summed E-state index contributed by atoms with van der Waals surface area (Å²) in [6.45, 7) is -0.211. The lowest BCUT2D eigenvalue weighted by atomic mass is 9.64. The quantitative estimate of drug-likeness (QED) is 0.420. The summed E-state index contributed by atoms with van der Waals surface area (Å²) in [4.78, 5) is 24.3. The van der Waals surface area contributed by atoms with Gasteiger partial charge in [0.1, 0.15) is 31.0 Å². The number of aliphatic hydroxyl groups is 4. The number of hydrogen-bond acceptors (Lipinski definition) is 9. The van der Waals surface area contributed by atoms with Crippen molar-refractivity contribution in [2.45, 2.75) is 75.7 Å². The third-order valence-electron chi connectivity index (χ3n) is 7.34. The normalized spacial score (nSPS) is 39.6. The lowest BCUT2D eigenvalue weighted by Crippen LogP contribution is -2.59. The van der Waals surface area contributed by atoms with E-state index in [-0.39, 0.29) is 11.9 Å². The number of carbonyl (C=O) groups excluding carboxylic acids is 2. The van der Waals surface area contributed by atoms with Crippen molar-refractivity contribution >= 4 is 11.9 Å². The molecule has 2 fully saturated rings. The zero-order valence-electron chi connectivity index (χ0n) is 18.0. The van der Waals surface area contributed by atoms with Gasteiger partial charge < -0.3 is 34.6 Å². The molecule has 32 heavy (non-hydrogen) atoms. The zero-order valence-corrected chi connectivity index (χ0v) is 18.0. The van der Waals surface area contributed by atoms with E-state index in [2.05, 4.69) is 0 Å². The van der Waals surface area contributed by atoms with Crippen LogP contribution in [0.15, 0.2) is 23.3 Å². The molecule has 178 valence electrons. The topological polar surface area (TPSA) is 143 Å². The van der Waals surface area contributed by atoms with Crippen LogP contribution in [0.5, 0.6) is 0 Å². The molecule has 2 heterocycles. The summed E-state index contributed by atoms with van der Waals surface area (Å²) in [6, 6.07) is 0. The van der Waals surface area contributed by atoms with Crippen LogP contribution in [-0.2, 0) is 23.8 Å². The molecular formula is C23H32O9. The summed E-state index contributed by atoms with van der Waals surface area (Å²) in [5.41, 5.74) is 1.59. The lowest BCUT2D eigenvalue weighted by Gasteiger charge is -2.42. The monoisotopic (exact) mass is 452 g/mol. The van der Waals surface area contributed by atoms with Gasteiger partial charge in [-0.2, -0.15) is 0 Å². The molecule has 0 amide bonds. The average molecular weight is 453 g/mol. The van der Waals surface area contributed by atoms with Crippen molar-refractivity contribution in [3.8, 4) is 0 Å². The van der Waals surface area contributed by atoms with E-state index in [0.29, 0.717) is 24.0 Å². The molecule has 4 rings (SSSR count). The fraction of sp³-hybridized carbons (Fsp3) is 0.739. The molecule has 0 radical (unpaired) electrons. The summed E-state index contributed by atoms with van der Waals surface area (Å²) in [7, 11) is 0. The molecule has 0 spiro atoms. The van der Waals surface area contributed by atoms with Crippen LogP contribution in [0, 0.1) is 17.8 Å². The van der Waals surface area contributed by atoms with Gasteiger partial charge in [0.25, 0.3) is 0 Å². The fourth-order valence-electron chi connectivity index (χ4n) is 5.62. The van der Waals surface area contributed by atoms with Crippen molar-refractivity contribution in [1.29, 1.82) is 0 Å². The number of allylic oxidation sites excluding steroid dienone is 1. The minimum absolute atomic E-state index is 0.0512. The third-order valence-corrected chi connectivity index (χ3v) is 7.34. The second-order valence-electron chi connectivity index (χ2n) is 9.25. The molecule has 9 heteroatoms. The van der Waals surface area contributed by atoms with E-state index < -0.39 is 43.3 Å². The van der Waals surface area contributed by atoms with Crippen LogP contribution in [0.4, 0.5) is 0 Å². The number of aliphatic hydroxyl groups excluding tert-OH is 4. The van der Waals surface area contributed by atoms with Crippen molar-refractivity contribution in [2.75, 3.05) is 13.2 Å². The van der Waals surface area contributed by atoms with Crippen LogP contribution in [0.3, 0.4) is 0 Å². The Hall–Kier alpha value is -1.78. The first-order valence-corrected chi connectivity index (χ1v) is 11.5. The molecule has 9 nitrogen and oxygen atoms in total. The van der Waals surface area contributed by atoms with Crippen LogP contribution in [0.25, 0.3) is 0 Å². The maximum absolute atomic E-state index is 13.0. The zero-order chi connectivity index (χ0) is 22.8. The Labute approximate surface area is 186 Å². The number of hydrogen-bond donors (Lipinski definition) is 4. The molecule has 1 saturated carbocycles. The van der Waals surface area contributed by atoms with Crippen molar-refractivity contribution in [3.05, 3.63) is 23.3 Å². The van der Waals surface area contributed by atoms with Gasteiger partial charge in [-0.25, -0.2) is 9.59 Å². The molecule has 0 bridgehead atoms. The number of rotatable bonds is 6. The van der Waals surface area contributed by atoms with Crippen LogP contribution in [0.1, 0.15) is 44.9 Å². The van der Waals surface area contributed by atoms with E-state index in [4.69, 9.17) is 14.2 Å². The van der Waals surface area contributed by atoms with E-state index >= 15 is 0 Å². The molecule has 0 aromatic carbocycles. The van der Waals surface area contributed by atoms with E-state index in [1.807, 2.05) is 6.08 Å². The summed E-state index contributed by atoms with van der Waals surface area (Å²) in [5, 5.41) is 39.4. The maximum Gasteiger partial charge on any atom is 0.336 e. The standard InChI is InChI=1S/C23H32O9/c24-10-17-19(26)20(27)21(28)23(31-17)32-22(29)16-6-2-4-14-13(3-1-5-15(14)16)8-7-12-9-18(25)30-11-12/h6,9,13-15,17,19-21,23-24,26-28H,1-5,7-8,10-11H2. The summed E-state index contributed by atoms with van der Waals surface area (Å²) >= 11 is 0. The minimum atomic E-state index is -1.61. The van der Waals surface area contributed by atoms with Gasteiger partial charge in [-0.3, -0.25) is 0 Å². The van der Waals surface area contributed by atoms with Gasteiger partial charge in [0.2, 0.25) is 6.29 Å². The van der Waals surface area contributed by atoms with E-state index in [1.54, 1.807) is 6.08 Å². The average Bonchev–Trinajstić information content (AvgIpc) is 3.22.